The molecule has 0 atom stereocenters. The number of benzene rings is 1. The summed E-state index contributed by atoms with van der Waals surface area (Å²) in [5, 5.41) is 10.3. The quantitative estimate of drug-likeness (QED) is 0.812. The molecule has 0 fully saturated rings. The number of nitrogens with zero attached hydrogens (tertiary/aromatic N) is 1. The molecular formula is C16H17NO2S2. The monoisotopic (exact) mass is 319 g/mol. The molecule has 2 aromatic rings. The Morgan fingerprint density at radius 1 is 1.24 bits per heavy atom. The van der Waals surface area contributed by atoms with E-state index in [9.17, 15) is 9.90 Å². The second kappa shape index (κ2) is 7.00. The van der Waals surface area contributed by atoms with Crippen molar-refractivity contribution in [1.82, 2.24) is 4.98 Å². The highest BCUT2D eigenvalue weighted by Crippen LogP contribution is 2.35. The second-order valence-corrected chi connectivity index (χ2v) is 6.96. The van der Waals surface area contributed by atoms with Gasteiger partial charge in [-0.25, -0.2) is 9.78 Å². The fourth-order valence-electron chi connectivity index (χ4n) is 2.05. The van der Waals surface area contributed by atoms with Gasteiger partial charge in [-0.05, 0) is 49.4 Å². The zero-order valence-electron chi connectivity index (χ0n) is 12.2. The van der Waals surface area contributed by atoms with E-state index in [4.69, 9.17) is 0 Å². The Morgan fingerprint density at radius 2 is 1.95 bits per heavy atom. The number of aromatic carboxylic acids is 1. The maximum Gasteiger partial charge on any atom is 0.337 e. The summed E-state index contributed by atoms with van der Waals surface area (Å²) in [7, 11) is 0. The van der Waals surface area contributed by atoms with Gasteiger partial charge in [0.1, 0.15) is 5.03 Å². The third-order valence-electron chi connectivity index (χ3n) is 2.79. The number of rotatable bonds is 5. The van der Waals surface area contributed by atoms with E-state index in [1.165, 1.54) is 11.8 Å². The Bertz CT molecular complexity index is 651. The Balaban J connectivity index is 2.43. The Labute approximate surface area is 133 Å². The lowest BCUT2D eigenvalue weighted by atomic mass is 10.2. The van der Waals surface area contributed by atoms with Gasteiger partial charge in [-0.15, -0.1) is 11.8 Å². The molecule has 0 unspecified atom stereocenters. The molecule has 1 N–H and O–H groups in total. The van der Waals surface area contributed by atoms with Crippen molar-refractivity contribution < 1.29 is 9.90 Å². The van der Waals surface area contributed by atoms with Crippen LogP contribution in [0.5, 0.6) is 0 Å². The first-order chi connectivity index (χ1) is 10.0. The number of carboxylic acids is 1. The maximum absolute atomic E-state index is 11.6. The molecule has 1 aromatic carbocycles. The number of aromatic nitrogens is 1. The summed E-state index contributed by atoms with van der Waals surface area (Å²) in [6, 6.07) is 9.58. The van der Waals surface area contributed by atoms with Crippen LogP contribution in [0.25, 0.3) is 0 Å². The van der Waals surface area contributed by atoms with Gasteiger partial charge in [0.05, 0.1) is 5.56 Å². The fourth-order valence-corrected chi connectivity index (χ4v) is 4.05. The highest BCUT2D eigenvalue weighted by molar-refractivity contribution is 8.00. The fraction of sp³-hybridized carbons (Fsp3) is 0.250. The summed E-state index contributed by atoms with van der Waals surface area (Å²) in [4.78, 5) is 17.6. The van der Waals surface area contributed by atoms with Gasteiger partial charge in [0.2, 0.25) is 0 Å². The number of aryl methyl sites for hydroxylation is 2. The van der Waals surface area contributed by atoms with Crippen molar-refractivity contribution in [1.29, 1.82) is 0 Å². The number of thioether (sulfide) groups is 1. The molecule has 21 heavy (non-hydrogen) atoms. The summed E-state index contributed by atoms with van der Waals surface area (Å²) >= 11 is 2.95. The first-order valence-electron chi connectivity index (χ1n) is 6.63. The van der Waals surface area contributed by atoms with Crippen LogP contribution in [0.1, 0.15) is 28.5 Å². The molecule has 0 amide bonds. The summed E-state index contributed by atoms with van der Waals surface area (Å²) in [5.41, 5.74) is 2.43. The zero-order valence-corrected chi connectivity index (χ0v) is 13.8. The van der Waals surface area contributed by atoms with Crippen molar-refractivity contribution in [2.45, 2.75) is 35.6 Å². The Morgan fingerprint density at radius 3 is 2.57 bits per heavy atom. The minimum absolute atomic E-state index is 0.371. The SMILES string of the molecule is CCSc1cccc(Sc2cc(C)cc(C)n2)c1C(=O)O. The molecule has 0 aliphatic heterocycles. The van der Waals surface area contributed by atoms with Gasteiger partial charge in [0.25, 0.3) is 0 Å². The van der Waals surface area contributed by atoms with Gasteiger partial charge >= 0.3 is 5.97 Å². The minimum Gasteiger partial charge on any atom is -0.478 e. The average Bonchev–Trinajstić information content (AvgIpc) is 2.37. The highest BCUT2D eigenvalue weighted by Gasteiger charge is 2.17. The maximum atomic E-state index is 11.6. The molecule has 2 rings (SSSR count). The third kappa shape index (κ3) is 4.02. The predicted molar refractivity (Wildman–Crippen MR) is 87.6 cm³/mol. The topological polar surface area (TPSA) is 50.2 Å². The van der Waals surface area contributed by atoms with Gasteiger partial charge in [-0.1, -0.05) is 24.8 Å². The lowest BCUT2D eigenvalue weighted by Gasteiger charge is -2.10. The van der Waals surface area contributed by atoms with Gasteiger partial charge in [0, 0.05) is 15.5 Å². The smallest absolute Gasteiger partial charge is 0.337 e. The molecule has 0 aliphatic carbocycles. The molecule has 0 aliphatic rings. The van der Waals surface area contributed by atoms with Crippen molar-refractivity contribution in [3.63, 3.8) is 0 Å². The van der Waals surface area contributed by atoms with E-state index in [0.29, 0.717) is 5.56 Å². The minimum atomic E-state index is -0.890. The summed E-state index contributed by atoms with van der Waals surface area (Å²) < 4.78 is 0. The predicted octanol–water partition coefficient (Wildman–Crippen LogP) is 4.66. The third-order valence-corrected chi connectivity index (χ3v) is 4.71. The first-order valence-corrected chi connectivity index (χ1v) is 8.43. The van der Waals surface area contributed by atoms with Crippen molar-refractivity contribution in [3.05, 3.63) is 47.2 Å². The van der Waals surface area contributed by atoms with E-state index < -0.39 is 5.97 Å². The molecule has 1 aromatic heterocycles. The van der Waals surface area contributed by atoms with Crippen LogP contribution in [0.4, 0.5) is 0 Å². The zero-order chi connectivity index (χ0) is 15.4. The van der Waals surface area contributed by atoms with Crippen LogP contribution in [-0.2, 0) is 0 Å². The van der Waals surface area contributed by atoms with Gasteiger partial charge in [-0.3, -0.25) is 0 Å². The molecule has 0 saturated carbocycles. The summed E-state index contributed by atoms with van der Waals surface area (Å²) in [5.74, 6) is -0.0469. The molecule has 0 bridgehead atoms. The number of carbonyl (C=O) groups is 1. The van der Waals surface area contributed by atoms with Crippen LogP contribution in [0.2, 0.25) is 0 Å². The normalized spacial score (nSPS) is 10.6. The van der Waals surface area contributed by atoms with Crippen LogP contribution >= 0.6 is 23.5 Å². The van der Waals surface area contributed by atoms with E-state index in [1.54, 1.807) is 11.8 Å². The first kappa shape index (κ1) is 15.9. The Kier molecular flexibility index (Phi) is 5.31. The standard InChI is InChI=1S/C16H17NO2S2/c1-4-20-12-6-5-7-13(15(12)16(18)19)21-14-9-10(2)8-11(3)17-14/h5-9H,4H2,1-3H3,(H,18,19). The molecule has 0 saturated heterocycles. The lowest BCUT2D eigenvalue weighted by Crippen LogP contribution is -2.02. The van der Waals surface area contributed by atoms with Crippen molar-refractivity contribution >= 4 is 29.5 Å². The van der Waals surface area contributed by atoms with Crippen LogP contribution in [0.15, 0.2) is 45.1 Å². The molecule has 3 nitrogen and oxygen atoms in total. The lowest BCUT2D eigenvalue weighted by molar-refractivity contribution is 0.0689. The van der Waals surface area contributed by atoms with Crippen LogP contribution in [-0.4, -0.2) is 21.8 Å². The van der Waals surface area contributed by atoms with Gasteiger partial charge in [-0.2, -0.15) is 0 Å². The second-order valence-electron chi connectivity index (χ2n) is 4.59. The van der Waals surface area contributed by atoms with Gasteiger partial charge in [0.15, 0.2) is 0 Å². The van der Waals surface area contributed by atoms with Crippen molar-refractivity contribution in [2.24, 2.45) is 0 Å². The van der Waals surface area contributed by atoms with E-state index in [1.807, 2.05) is 51.1 Å². The largest absolute Gasteiger partial charge is 0.478 e. The van der Waals surface area contributed by atoms with Crippen LogP contribution in [0, 0.1) is 13.8 Å². The van der Waals surface area contributed by atoms with E-state index in [-0.39, 0.29) is 0 Å². The number of hydrogen-bond acceptors (Lipinski definition) is 4. The summed E-state index contributed by atoms with van der Waals surface area (Å²) in [6.07, 6.45) is 0. The average molecular weight is 319 g/mol. The van der Waals surface area contributed by atoms with E-state index in [2.05, 4.69) is 4.98 Å². The Hall–Kier alpha value is -1.46. The number of hydrogen-bond donors (Lipinski definition) is 1. The number of pyridine rings is 1. The summed E-state index contributed by atoms with van der Waals surface area (Å²) in [6.45, 7) is 5.97. The van der Waals surface area contributed by atoms with Gasteiger partial charge < -0.3 is 5.11 Å². The molecule has 5 heteroatoms. The van der Waals surface area contributed by atoms with Crippen molar-refractivity contribution in [2.75, 3.05) is 5.75 Å². The molecule has 0 radical (unpaired) electrons. The molecule has 1 heterocycles. The van der Waals surface area contributed by atoms with E-state index >= 15 is 0 Å². The van der Waals surface area contributed by atoms with E-state index in [0.717, 1.165) is 31.8 Å². The molecule has 0 spiro atoms. The van der Waals surface area contributed by atoms with Crippen LogP contribution < -0.4 is 0 Å². The number of carboxylic acid groups (broad SMARTS) is 1. The molecule has 110 valence electrons. The highest BCUT2D eigenvalue weighted by atomic mass is 32.2. The van der Waals surface area contributed by atoms with Crippen molar-refractivity contribution in [3.8, 4) is 0 Å². The molecular weight excluding hydrogens is 302 g/mol. The van der Waals surface area contributed by atoms with Crippen LogP contribution in [0.3, 0.4) is 0 Å².